The van der Waals surface area contributed by atoms with Crippen LogP contribution in [0.3, 0.4) is 0 Å². The number of urea groups is 1. The van der Waals surface area contributed by atoms with Gasteiger partial charge in [0.15, 0.2) is 5.84 Å². The molecular formula is C11H16N4O3. The standard InChI is InChI=1S/C11H16N4O3/c1-13-11(16)15(18-2)7-8-3-5-9(6-4-8)10(12)14-17/h3-6,17H,7H2,1-2H3,(H2,12,14)(H,13,16). The summed E-state index contributed by atoms with van der Waals surface area (Å²) < 4.78 is 0. The van der Waals surface area contributed by atoms with Gasteiger partial charge in [-0.2, -0.15) is 5.06 Å². The maximum Gasteiger partial charge on any atom is 0.341 e. The van der Waals surface area contributed by atoms with E-state index in [9.17, 15) is 4.79 Å². The highest BCUT2D eigenvalue weighted by Gasteiger charge is 2.11. The second-order valence-corrected chi connectivity index (χ2v) is 3.46. The van der Waals surface area contributed by atoms with E-state index in [0.717, 1.165) is 5.56 Å². The number of nitrogens with one attached hydrogen (secondary N) is 1. The van der Waals surface area contributed by atoms with Crippen LogP contribution in [0.2, 0.25) is 0 Å². The first-order valence-electron chi connectivity index (χ1n) is 5.22. The first-order valence-corrected chi connectivity index (χ1v) is 5.22. The summed E-state index contributed by atoms with van der Waals surface area (Å²) in [6, 6.07) is 6.59. The third-order valence-corrected chi connectivity index (χ3v) is 2.34. The smallest absolute Gasteiger partial charge is 0.341 e. The fourth-order valence-electron chi connectivity index (χ4n) is 1.35. The van der Waals surface area contributed by atoms with Crippen molar-refractivity contribution in [2.75, 3.05) is 14.2 Å². The Labute approximate surface area is 105 Å². The third kappa shape index (κ3) is 3.36. The predicted octanol–water partition coefficient (Wildman–Crippen LogP) is 0.484. The summed E-state index contributed by atoms with van der Waals surface area (Å²) in [6.07, 6.45) is 0. The highest BCUT2D eigenvalue weighted by atomic mass is 16.7. The molecule has 18 heavy (non-hydrogen) atoms. The van der Waals surface area contributed by atoms with Gasteiger partial charge < -0.3 is 16.3 Å². The van der Waals surface area contributed by atoms with Gasteiger partial charge in [0.2, 0.25) is 0 Å². The van der Waals surface area contributed by atoms with Crippen molar-refractivity contribution in [3.05, 3.63) is 35.4 Å². The lowest BCUT2D eigenvalue weighted by Crippen LogP contribution is -2.36. The highest BCUT2D eigenvalue weighted by Crippen LogP contribution is 2.08. The minimum absolute atomic E-state index is 0.0384. The summed E-state index contributed by atoms with van der Waals surface area (Å²) >= 11 is 0. The fraction of sp³-hybridized carbons (Fsp3) is 0.273. The molecule has 1 aromatic rings. The first kappa shape index (κ1) is 13.8. The number of hydrogen-bond acceptors (Lipinski definition) is 4. The average Bonchev–Trinajstić information content (AvgIpc) is 2.43. The Hall–Kier alpha value is -2.28. The molecular weight excluding hydrogens is 236 g/mol. The van der Waals surface area contributed by atoms with E-state index in [4.69, 9.17) is 15.8 Å². The molecule has 0 atom stereocenters. The number of hydrogen-bond donors (Lipinski definition) is 3. The quantitative estimate of drug-likeness (QED) is 0.314. The summed E-state index contributed by atoms with van der Waals surface area (Å²) in [5, 5.41) is 15.1. The Morgan fingerprint density at radius 1 is 1.50 bits per heavy atom. The molecule has 0 aliphatic carbocycles. The maximum atomic E-state index is 11.4. The average molecular weight is 252 g/mol. The van der Waals surface area contributed by atoms with Crippen LogP contribution in [0.15, 0.2) is 29.4 Å². The number of rotatable bonds is 4. The van der Waals surface area contributed by atoms with Gasteiger partial charge in [-0.25, -0.2) is 4.79 Å². The van der Waals surface area contributed by atoms with Crippen molar-refractivity contribution in [3.63, 3.8) is 0 Å². The Kier molecular flexibility index (Phi) is 4.94. The Balaban J connectivity index is 2.77. The van der Waals surface area contributed by atoms with Crippen LogP contribution in [0.4, 0.5) is 4.79 Å². The second-order valence-electron chi connectivity index (χ2n) is 3.46. The molecule has 0 radical (unpaired) electrons. The van der Waals surface area contributed by atoms with Gasteiger partial charge in [-0.1, -0.05) is 29.4 Å². The summed E-state index contributed by atoms with van der Waals surface area (Å²) in [5.74, 6) is 0.0384. The van der Waals surface area contributed by atoms with Gasteiger partial charge in [0.05, 0.1) is 13.7 Å². The number of hydroxylamine groups is 2. The van der Waals surface area contributed by atoms with Gasteiger partial charge in [-0.05, 0) is 5.56 Å². The number of nitrogens with two attached hydrogens (primary N) is 1. The fourth-order valence-corrected chi connectivity index (χ4v) is 1.35. The Morgan fingerprint density at radius 2 is 2.11 bits per heavy atom. The Bertz CT molecular complexity index is 430. The molecule has 0 aliphatic rings. The minimum Gasteiger partial charge on any atom is -0.409 e. The van der Waals surface area contributed by atoms with E-state index in [-0.39, 0.29) is 11.9 Å². The zero-order chi connectivity index (χ0) is 13.5. The van der Waals surface area contributed by atoms with Crippen LogP contribution in [0.5, 0.6) is 0 Å². The number of carbonyl (C=O) groups is 1. The molecule has 1 rings (SSSR count). The van der Waals surface area contributed by atoms with E-state index < -0.39 is 0 Å². The van der Waals surface area contributed by atoms with Gasteiger partial charge in [0, 0.05) is 12.6 Å². The molecule has 0 bridgehead atoms. The van der Waals surface area contributed by atoms with Crippen molar-refractivity contribution < 1.29 is 14.8 Å². The van der Waals surface area contributed by atoms with Crippen LogP contribution in [0.25, 0.3) is 0 Å². The lowest BCUT2D eigenvalue weighted by Gasteiger charge is -2.19. The van der Waals surface area contributed by atoms with E-state index >= 15 is 0 Å². The molecule has 1 aromatic carbocycles. The van der Waals surface area contributed by atoms with E-state index in [1.54, 1.807) is 24.3 Å². The van der Waals surface area contributed by atoms with Crippen LogP contribution < -0.4 is 11.1 Å². The van der Waals surface area contributed by atoms with E-state index in [1.807, 2.05) is 0 Å². The number of carbonyl (C=O) groups excluding carboxylic acids is 1. The van der Waals surface area contributed by atoms with Gasteiger partial charge in [-0.15, -0.1) is 0 Å². The van der Waals surface area contributed by atoms with E-state index in [0.29, 0.717) is 12.1 Å². The third-order valence-electron chi connectivity index (χ3n) is 2.34. The van der Waals surface area contributed by atoms with Gasteiger partial charge in [-0.3, -0.25) is 4.84 Å². The molecule has 98 valence electrons. The van der Waals surface area contributed by atoms with E-state index in [2.05, 4.69) is 10.5 Å². The summed E-state index contributed by atoms with van der Waals surface area (Å²) in [7, 11) is 2.94. The normalized spacial score (nSPS) is 11.1. The van der Waals surface area contributed by atoms with Crippen molar-refractivity contribution in [1.29, 1.82) is 0 Å². The maximum absolute atomic E-state index is 11.4. The van der Waals surface area contributed by atoms with Crippen LogP contribution >= 0.6 is 0 Å². The van der Waals surface area contributed by atoms with Crippen molar-refractivity contribution in [2.24, 2.45) is 10.9 Å². The zero-order valence-corrected chi connectivity index (χ0v) is 10.3. The van der Waals surface area contributed by atoms with Crippen LogP contribution in [0, 0.1) is 0 Å². The molecule has 0 saturated carbocycles. The molecule has 0 saturated heterocycles. The topological polar surface area (TPSA) is 100 Å². The lowest BCUT2D eigenvalue weighted by atomic mass is 10.1. The van der Waals surface area contributed by atoms with Gasteiger partial charge in [0.1, 0.15) is 0 Å². The molecule has 0 spiro atoms. The second kappa shape index (κ2) is 6.45. The van der Waals surface area contributed by atoms with Gasteiger partial charge >= 0.3 is 6.03 Å². The molecule has 0 aromatic heterocycles. The summed E-state index contributed by atoms with van der Waals surface area (Å²) in [5.41, 5.74) is 6.90. The molecule has 7 heteroatoms. The largest absolute Gasteiger partial charge is 0.409 e. The molecule has 0 heterocycles. The zero-order valence-electron chi connectivity index (χ0n) is 10.3. The molecule has 0 fully saturated rings. The van der Waals surface area contributed by atoms with Crippen LogP contribution in [-0.4, -0.2) is 36.3 Å². The minimum atomic E-state index is -0.335. The number of nitrogens with zero attached hydrogens (tertiary/aromatic N) is 2. The highest BCUT2D eigenvalue weighted by molar-refractivity contribution is 5.96. The monoisotopic (exact) mass is 252 g/mol. The van der Waals surface area contributed by atoms with Crippen LogP contribution in [-0.2, 0) is 11.4 Å². The van der Waals surface area contributed by atoms with Crippen LogP contribution in [0.1, 0.15) is 11.1 Å². The molecule has 4 N–H and O–H groups in total. The molecule has 0 unspecified atom stereocenters. The molecule has 7 nitrogen and oxygen atoms in total. The number of amidine groups is 1. The van der Waals surface area contributed by atoms with E-state index in [1.165, 1.54) is 19.2 Å². The first-order chi connectivity index (χ1) is 8.62. The van der Waals surface area contributed by atoms with Gasteiger partial charge in [0.25, 0.3) is 0 Å². The SMILES string of the molecule is CNC(=O)N(Cc1ccc(/C(N)=N/O)cc1)OC. The van der Waals surface area contributed by atoms with Crippen molar-refractivity contribution in [3.8, 4) is 0 Å². The lowest BCUT2D eigenvalue weighted by molar-refractivity contribution is -0.0927. The molecule has 0 aliphatic heterocycles. The number of amides is 2. The predicted molar refractivity (Wildman–Crippen MR) is 66.0 cm³/mol. The Morgan fingerprint density at radius 3 is 2.56 bits per heavy atom. The number of benzene rings is 1. The van der Waals surface area contributed by atoms with Crippen molar-refractivity contribution >= 4 is 11.9 Å². The molecule has 2 amide bonds. The van der Waals surface area contributed by atoms with Crippen molar-refractivity contribution in [2.45, 2.75) is 6.54 Å². The summed E-state index contributed by atoms with van der Waals surface area (Å²) in [6.45, 7) is 0.298. The van der Waals surface area contributed by atoms with Crippen molar-refractivity contribution in [1.82, 2.24) is 10.4 Å². The summed E-state index contributed by atoms with van der Waals surface area (Å²) in [4.78, 5) is 16.3. The number of oxime groups is 1.